The first-order valence-electron chi connectivity index (χ1n) is 9.69. The zero-order valence-electron chi connectivity index (χ0n) is 16.1. The Morgan fingerprint density at radius 1 is 1.27 bits per heavy atom. The van der Waals surface area contributed by atoms with Crippen LogP contribution >= 0.6 is 11.6 Å². The smallest absolute Gasteiger partial charge is 0.278 e. The number of rotatable bonds is 4. The Hall–Kier alpha value is -3.26. The molecular weight excluding hydrogens is 406 g/mol. The van der Waals surface area contributed by atoms with Crippen molar-refractivity contribution in [2.75, 3.05) is 19.6 Å². The van der Waals surface area contributed by atoms with Crippen molar-refractivity contribution in [2.45, 2.75) is 12.8 Å². The molecule has 1 saturated heterocycles. The SMILES string of the molecule is O=C(NCC1CCCN(C(=O)c2n[nH]c3ccccc3c2=O)C1)c1ccncc1Cl. The molecule has 2 N–H and O–H groups in total. The van der Waals surface area contributed by atoms with Crippen LogP contribution in [-0.2, 0) is 0 Å². The molecule has 1 aliphatic rings. The highest BCUT2D eigenvalue weighted by Gasteiger charge is 2.27. The van der Waals surface area contributed by atoms with Gasteiger partial charge in [0.15, 0.2) is 5.69 Å². The van der Waals surface area contributed by atoms with Gasteiger partial charge < -0.3 is 10.2 Å². The van der Waals surface area contributed by atoms with Crippen LogP contribution in [0.3, 0.4) is 0 Å². The van der Waals surface area contributed by atoms with E-state index in [1.807, 2.05) is 0 Å². The Kier molecular flexibility index (Phi) is 5.76. The van der Waals surface area contributed by atoms with E-state index in [2.05, 4.69) is 20.5 Å². The molecular formula is C21H20ClN5O3. The predicted octanol–water partition coefficient (Wildman–Crippen LogP) is 2.25. The number of para-hydroxylation sites is 1. The zero-order valence-corrected chi connectivity index (χ0v) is 16.9. The molecule has 4 rings (SSSR count). The summed E-state index contributed by atoms with van der Waals surface area (Å²) in [5.74, 6) is -0.597. The van der Waals surface area contributed by atoms with Crippen LogP contribution in [0.25, 0.3) is 10.9 Å². The van der Waals surface area contributed by atoms with Crippen LogP contribution in [0.5, 0.6) is 0 Å². The molecule has 9 heteroatoms. The topological polar surface area (TPSA) is 108 Å². The third kappa shape index (κ3) is 4.04. The van der Waals surface area contributed by atoms with E-state index in [1.54, 1.807) is 35.2 Å². The summed E-state index contributed by atoms with van der Waals surface area (Å²) < 4.78 is 0. The Morgan fingerprint density at radius 2 is 2.10 bits per heavy atom. The van der Waals surface area contributed by atoms with Crippen molar-refractivity contribution in [1.82, 2.24) is 25.4 Å². The number of piperidine rings is 1. The molecule has 0 radical (unpaired) electrons. The van der Waals surface area contributed by atoms with Crippen molar-refractivity contribution < 1.29 is 9.59 Å². The first kappa shape index (κ1) is 20.0. The lowest BCUT2D eigenvalue weighted by Crippen LogP contribution is -2.45. The summed E-state index contributed by atoms with van der Waals surface area (Å²) >= 11 is 6.01. The average molecular weight is 426 g/mol. The summed E-state index contributed by atoms with van der Waals surface area (Å²) in [5, 5.41) is 10.4. The molecule has 8 nitrogen and oxygen atoms in total. The number of H-pyrrole nitrogens is 1. The minimum absolute atomic E-state index is 0.0757. The van der Waals surface area contributed by atoms with Crippen LogP contribution in [-0.4, -0.2) is 51.5 Å². The van der Waals surface area contributed by atoms with Crippen molar-refractivity contribution >= 4 is 34.3 Å². The average Bonchev–Trinajstić information content (AvgIpc) is 2.78. The normalized spacial score (nSPS) is 16.4. The number of likely N-dealkylation sites (tertiary alicyclic amines) is 1. The van der Waals surface area contributed by atoms with Gasteiger partial charge >= 0.3 is 0 Å². The maximum atomic E-state index is 12.9. The van der Waals surface area contributed by atoms with Gasteiger partial charge in [0.1, 0.15) is 0 Å². The minimum Gasteiger partial charge on any atom is -0.352 e. The van der Waals surface area contributed by atoms with Crippen LogP contribution in [0.15, 0.2) is 47.5 Å². The summed E-state index contributed by atoms with van der Waals surface area (Å²) in [4.78, 5) is 43.5. The molecule has 1 fully saturated rings. The summed E-state index contributed by atoms with van der Waals surface area (Å²) in [6, 6.07) is 8.52. The van der Waals surface area contributed by atoms with Gasteiger partial charge in [-0.2, -0.15) is 5.10 Å². The maximum absolute atomic E-state index is 12.9. The Labute approximate surface area is 177 Å². The number of halogens is 1. The highest BCUT2D eigenvalue weighted by molar-refractivity contribution is 6.33. The fourth-order valence-electron chi connectivity index (χ4n) is 3.68. The van der Waals surface area contributed by atoms with Gasteiger partial charge in [-0.1, -0.05) is 23.7 Å². The number of nitrogens with zero attached hydrogens (tertiary/aromatic N) is 3. The largest absolute Gasteiger partial charge is 0.352 e. The Morgan fingerprint density at radius 3 is 2.93 bits per heavy atom. The van der Waals surface area contributed by atoms with Gasteiger partial charge in [0.2, 0.25) is 5.43 Å². The predicted molar refractivity (Wildman–Crippen MR) is 113 cm³/mol. The number of aromatic amines is 1. The second-order valence-corrected chi connectivity index (χ2v) is 7.68. The number of nitrogens with one attached hydrogen (secondary N) is 2. The van der Waals surface area contributed by atoms with E-state index < -0.39 is 5.91 Å². The number of aromatic nitrogens is 3. The Balaban J connectivity index is 1.43. The number of hydrogen-bond acceptors (Lipinski definition) is 5. The molecule has 1 atom stereocenters. The molecule has 0 aliphatic carbocycles. The summed E-state index contributed by atoms with van der Waals surface area (Å²) in [6.45, 7) is 1.40. The lowest BCUT2D eigenvalue weighted by atomic mass is 9.97. The van der Waals surface area contributed by atoms with Crippen molar-refractivity contribution in [3.8, 4) is 0 Å². The van der Waals surface area contributed by atoms with E-state index in [-0.39, 0.29) is 28.0 Å². The summed E-state index contributed by atoms with van der Waals surface area (Å²) in [6.07, 6.45) is 4.59. The van der Waals surface area contributed by atoms with Gasteiger partial charge in [0, 0.05) is 37.4 Å². The molecule has 0 saturated carbocycles. The number of hydrogen-bond donors (Lipinski definition) is 2. The lowest BCUT2D eigenvalue weighted by Gasteiger charge is -2.32. The first-order chi connectivity index (χ1) is 14.5. The number of benzene rings is 1. The lowest BCUT2D eigenvalue weighted by molar-refractivity contribution is 0.0662. The van der Waals surface area contributed by atoms with Gasteiger partial charge in [-0.15, -0.1) is 0 Å². The quantitative estimate of drug-likeness (QED) is 0.666. The highest BCUT2D eigenvalue weighted by Crippen LogP contribution is 2.18. The Bertz CT molecular complexity index is 1160. The third-order valence-corrected chi connectivity index (χ3v) is 5.55. The molecule has 2 aromatic heterocycles. The van der Waals surface area contributed by atoms with Gasteiger partial charge in [0.25, 0.3) is 11.8 Å². The van der Waals surface area contributed by atoms with Gasteiger partial charge in [0.05, 0.1) is 16.1 Å². The summed E-state index contributed by atoms with van der Waals surface area (Å²) in [5.41, 5.74) is 0.467. The number of carbonyl (C=O) groups is 2. The monoisotopic (exact) mass is 425 g/mol. The fourth-order valence-corrected chi connectivity index (χ4v) is 3.88. The van der Waals surface area contributed by atoms with Crippen molar-refractivity contribution in [3.05, 3.63) is 69.2 Å². The first-order valence-corrected chi connectivity index (χ1v) is 10.1. The highest BCUT2D eigenvalue weighted by atomic mass is 35.5. The van der Waals surface area contributed by atoms with Gasteiger partial charge in [-0.25, -0.2) is 0 Å². The van der Waals surface area contributed by atoms with E-state index in [1.165, 1.54) is 12.4 Å². The van der Waals surface area contributed by atoms with E-state index in [9.17, 15) is 14.4 Å². The van der Waals surface area contributed by atoms with Crippen LogP contribution in [0, 0.1) is 5.92 Å². The van der Waals surface area contributed by atoms with E-state index in [0.717, 1.165) is 12.8 Å². The number of fused-ring (bicyclic) bond motifs is 1. The van der Waals surface area contributed by atoms with E-state index in [4.69, 9.17) is 11.6 Å². The zero-order chi connectivity index (χ0) is 21.1. The van der Waals surface area contributed by atoms with Gasteiger partial charge in [-0.05, 0) is 37.0 Å². The van der Waals surface area contributed by atoms with Crippen molar-refractivity contribution in [2.24, 2.45) is 5.92 Å². The molecule has 3 aromatic rings. The fraction of sp³-hybridized carbons (Fsp3) is 0.286. The number of amides is 2. The van der Waals surface area contributed by atoms with E-state index in [0.29, 0.717) is 36.1 Å². The molecule has 0 spiro atoms. The summed E-state index contributed by atoms with van der Waals surface area (Å²) in [7, 11) is 0. The van der Waals surface area contributed by atoms with E-state index >= 15 is 0 Å². The third-order valence-electron chi connectivity index (χ3n) is 5.25. The van der Waals surface area contributed by atoms with Crippen molar-refractivity contribution in [3.63, 3.8) is 0 Å². The minimum atomic E-state index is -0.393. The molecule has 154 valence electrons. The standard InChI is InChI=1S/C21H20ClN5O3/c22-16-11-23-8-7-14(16)20(29)24-10-13-4-3-9-27(12-13)21(30)18-19(28)15-5-1-2-6-17(15)25-26-18/h1-2,5-8,11,13H,3-4,9-10,12H2,(H,24,29)(H,25,28). The molecule has 30 heavy (non-hydrogen) atoms. The second kappa shape index (κ2) is 8.62. The molecule has 1 aliphatic heterocycles. The van der Waals surface area contributed by atoms with Crippen LogP contribution in [0.1, 0.15) is 33.7 Å². The molecule has 0 bridgehead atoms. The maximum Gasteiger partial charge on any atom is 0.278 e. The van der Waals surface area contributed by atoms with Crippen molar-refractivity contribution in [1.29, 1.82) is 0 Å². The van der Waals surface area contributed by atoms with Crippen LogP contribution in [0.2, 0.25) is 5.02 Å². The van der Waals surface area contributed by atoms with Crippen LogP contribution < -0.4 is 10.7 Å². The van der Waals surface area contributed by atoms with Crippen LogP contribution in [0.4, 0.5) is 0 Å². The molecule has 1 aromatic carbocycles. The second-order valence-electron chi connectivity index (χ2n) is 7.27. The number of carbonyl (C=O) groups excluding carboxylic acids is 2. The molecule has 3 heterocycles. The number of pyridine rings is 1. The van der Waals surface area contributed by atoms with Gasteiger partial charge in [-0.3, -0.25) is 24.5 Å². The molecule has 1 unspecified atom stereocenters. The molecule has 2 amide bonds.